The first-order valence-corrected chi connectivity index (χ1v) is 5.68. The van der Waals surface area contributed by atoms with Crippen LogP contribution in [0, 0.1) is 6.92 Å². The van der Waals surface area contributed by atoms with Crippen LogP contribution in [-0.4, -0.2) is 5.78 Å². The molecule has 0 aliphatic carbocycles. The van der Waals surface area contributed by atoms with Crippen LogP contribution in [0.3, 0.4) is 0 Å². The smallest absolute Gasteiger partial charge is 0.129 e. The van der Waals surface area contributed by atoms with Gasteiger partial charge in [0.25, 0.3) is 0 Å². The van der Waals surface area contributed by atoms with Crippen LogP contribution in [-0.2, 0) is 4.79 Å². The van der Waals surface area contributed by atoms with E-state index < -0.39 is 0 Å². The highest BCUT2D eigenvalue weighted by Gasteiger charge is 1.76. The number of aryl methyl sites for hydroxylation is 1. The Bertz CT molecular complexity index is 226. The number of hydrogen-bond donors (Lipinski definition) is 0. The fourth-order valence-corrected chi connectivity index (χ4v) is 0.534. The fraction of sp³-hybridized carbons (Fsp3) is 0.400. The summed E-state index contributed by atoms with van der Waals surface area (Å²) in [4.78, 5) is 9.81. The highest BCUT2D eigenvalue weighted by Crippen LogP contribution is 1.92. The minimum absolute atomic E-state index is 0.255. The average Bonchev–Trinajstić information content (AvgIpc) is 2.36. The standard InChI is InChI=1S/C7H8.C4H8O.C2H6.C2H4/c1-7-5-3-2-4-6-7;1-3-4(2)5;2*1-2/h2-6H,1H3;3H2,1-2H3;1-2H3;1-2H2. The zero-order valence-corrected chi connectivity index (χ0v) is 11.4. The second kappa shape index (κ2) is 19.2. The predicted octanol–water partition coefficient (Wildman–Crippen LogP) is 4.81. The lowest BCUT2D eigenvalue weighted by molar-refractivity contribution is -0.116. The van der Waals surface area contributed by atoms with Gasteiger partial charge in [-0.25, -0.2) is 0 Å². The average molecular weight is 222 g/mol. The van der Waals surface area contributed by atoms with Crippen molar-refractivity contribution in [1.82, 2.24) is 0 Å². The molecule has 1 nitrogen and oxygen atoms in total. The van der Waals surface area contributed by atoms with Crippen molar-refractivity contribution in [3.8, 4) is 0 Å². The van der Waals surface area contributed by atoms with E-state index in [1.54, 1.807) is 6.92 Å². The van der Waals surface area contributed by atoms with E-state index in [9.17, 15) is 4.79 Å². The molecule has 0 aliphatic rings. The molecule has 0 aromatic heterocycles. The molecule has 0 spiro atoms. The van der Waals surface area contributed by atoms with Gasteiger partial charge in [0.1, 0.15) is 5.78 Å². The zero-order valence-electron chi connectivity index (χ0n) is 11.4. The van der Waals surface area contributed by atoms with Crippen molar-refractivity contribution >= 4 is 5.78 Å². The summed E-state index contributed by atoms with van der Waals surface area (Å²) in [5.41, 5.74) is 1.32. The van der Waals surface area contributed by atoms with Crippen LogP contribution < -0.4 is 0 Å². The highest BCUT2D eigenvalue weighted by molar-refractivity contribution is 5.74. The third-order valence-corrected chi connectivity index (χ3v) is 1.44. The van der Waals surface area contributed by atoms with E-state index in [1.807, 2.05) is 39.0 Å². The molecule has 0 saturated heterocycles. The van der Waals surface area contributed by atoms with E-state index in [4.69, 9.17) is 0 Å². The van der Waals surface area contributed by atoms with Crippen molar-refractivity contribution in [2.45, 2.75) is 41.0 Å². The van der Waals surface area contributed by atoms with Crippen LogP contribution >= 0.6 is 0 Å². The molecule has 92 valence electrons. The van der Waals surface area contributed by atoms with Crippen LogP contribution in [0.4, 0.5) is 0 Å². The van der Waals surface area contributed by atoms with Crippen LogP contribution in [0.2, 0.25) is 0 Å². The van der Waals surface area contributed by atoms with Crippen molar-refractivity contribution < 1.29 is 4.79 Å². The molecule has 0 fully saturated rings. The Hall–Kier alpha value is -1.37. The zero-order chi connectivity index (χ0) is 13.4. The summed E-state index contributed by atoms with van der Waals surface area (Å²) in [5.74, 6) is 0.255. The summed E-state index contributed by atoms with van der Waals surface area (Å²) in [6.07, 6.45) is 0.667. The van der Waals surface area contributed by atoms with E-state index >= 15 is 0 Å². The summed E-state index contributed by atoms with van der Waals surface area (Å²) in [6, 6.07) is 10.3. The third kappa shape index (κ3) is 22.9. The SMILES string of the molecule is C=C.CC.CCC(C)=O.Cc1ccccc1. The minimum Gasteiger partial charge on any atom is -0.300 e. The van der Waals surface area contributed by atoms with Gasteiger partial charge in [0.15, 0.2) is 0 Å². The van der Waals surface area contributed by atoms with Crippen LogP contribution in [0.25, 0.3) is 0 Å². The van der Waals surface area contributed by atoms with Gasteiger partial charge >= 0.3 is 0 Å². The van der Waals surface area contributed by atoms with Gasteiger partial charge in [-0.1, -0.05) is 56.7 Å². The molecule has 0 aliphatic heterocycles. The molecule has 1 aromatic rings. The number of carbonyl (C=O) groups is 1. The molecule has 1 heteroatoms. The summed E-state index contributed by atoms with van der Waals surface area (Å²) in [5, 5.41) is 0. The lowest BCUT2D eigenvalue weighted by Gasteiger charge is -1.82. The van der Waals surface area contributed by atoms with Gasteiger partial charge in [-0.05, 0) is 13.8 Å². The fourth-order valence-electron chi connectivity index (χ4n) is 0.534. The van der Waals surface area contributed by atoms with Gasteiger partial charge in [-0.3, -0.25) is 0 Å². The van der Waals surface area contributed by atoms with Gasteiger partial charge in [-0.15, -0.1) is 13.2 Å². The summed E-state index contributed by atoms with van der Waals surface area (Å²) in [7, 11) is 0. The number of hydrogen-bond acceptors (Lipinski definition) is 1. The summed E-state index contributed by atoms with van der Waals surface area (Å²) in [6.45, 7) is 15.5. The Labute approximate surface area is 101 Å². The summed E-state index contributed by atoms with van der Waals surface area (Å²) >= 11 is 0. The van der Waals surface area contributed by atoms with Gasteiger partial charge in [0.05, 0.1) is 0 Å². The van der Waals surface area contributed by atoms with Crippen molar-refractivity contribution in [2.24, 2.45) is 0 Å². The van der Waals surface area contributed by atoms with Crippen LogP contribution in [0.15, 0.2) is 43.5 Å². The van der Waals surface area contributed by atoms with Crippen molar-refractivity contribution in [1.29, 1.82) is 0 Å². The number of ketones is 1. The monoisotopic (exact) mass is 222 g/mol. The molecule has 0 unspecified atom stereocenters. The molecule has 0 saturated carbocycles. The van der Waals surface area contributed by atoms with E-state index in [1.165, 1.54) is 5.56 Å². The Balaban J connectivity index is -0.000000167. The molecular formula is C15H26O. The molecular weight excluding hydrogens is 196 g/mol. The lowest BCUT2D eigenvalue weighted by Crippen LogP contribution is -1.80. The summed E-state index contributed by atoms with van der Waals surface area (Å²) < 4.78 is 0. The quantitative estimate of drug-likeness (QED) is 0.623. The molecule has 0 bridgehead atoms. The number of Topliss-reactive ketones (excluding diaryl/α,β-unsaturated/α-hetero) is 1. The molecule has 0 heterocycles. The third-order valence-electron chi connectivity index (χ3n) is 1.44. The Morgan fingerprint density at radius 2 is 1.44 bits per heavy atom. The van der Waals surface area contributed by atoms with Gasteiger partial charge < -0.3 is 4.79 Å². The second-order valence-electron chi connectivity index (χ2n) is 2.71. The first-order valence-electron chi connectivity index (χ1n) is 5.68. The maximum Gasteiger partial charge on any atom is 0.129 e. The van der Waals surface area contributed by atoms with E-state index in [2.05, 4.69) is 32.2 Å². The predicted molar refractivity (Wildman–Crippen MR) is 74.8 cm³/mol. The molecule has 16 heavy (non-hydrogen) atoms. The van der Waals surface area contributed by atoms with Crippen molar-refractivity contribution in [3.63, 3.8) is 0 Å². The molecule has 0 radical (unpaired) electrons. The Morgan fingerprint density at radius 1 is 1.12 bits per heavy atom. The maximum atomic E-state index is 9.81. The second-order valence-corrected chi connectivity index (χ2v) is 2.71. The number of rotatable bonds is 1. The molecule has 1 rings (SSSR count). The van der Waals surface area contributed by atoms with Gasteiger partial charge in [-0.2, -0.15) is 0 Å². The van der Waals surface area contributed by atoms with Crippen molar-refractivity contribution in [2.75, 3.05) is 0 Å². The lowest BCUT2D eigenvalue weighted by atomic mass is 10.2. The van der Waals surface area contributed by atoms with E-state index in [-0.39, 0.29) is 5.78 Å². The van der Waals surface area contributed by atoms with Crippen molar-refractivity contribution in [3.05, 3.63) is 49.1 Å². The first kappa shape index (κ1) is 20.1. The largest absolute Gasteiger partial charge is 0.300 e. The molecule has 0 N–H and O–H groups in total. The molecule has 0 amide bonds. The number of benzene rings is 1. The topological polar surface area (TPSA) is 17.1 Å². The van der Waals surface area contributed by atoms with E-state index in [0.717, 1.165) is 0 Å². The Kier molecular flexibility index (Phi) is 24.2. The van der Waals surface area contributed by atoms with Crippen LogP contribution in [0.1, 0.15) is 39.7 Å². The Morgan fingerprint density at radius 3 is 1.56 bits per heavy atom. The minimum atomic E-state index is 0.255. The van der Waals surface area contributed by atoms with Crippen LogP contribution in [0.5, 0.6) is 0 Å². The normalized spacial score (nSPS) is 6.81. The van der Waals surface area contributed by atoms with Gasteiger partial charge in [0, 0.05) is 6.42 Å². The first-order chi connectivity index (χ1) is 7.66. The molecule has 0 atom stereocenters. The maximum absolute atomic E-state index is 9.81. The number of carbonyl (C=O) groups excluding carboxylic acids is 1. The highest BCUT2D eigenvalue weighted by atomic mass is 16.1. The molecule has 1 aromatic carbocycles. The van der Waals surface area contributed by atoms with E-state index in [0.29, 0.717) is 6.42 Å². The van der Waals surface area contributed by atoms with Gasteiger partial charge in [0.2, 0.25) is 0 Å².